The Balaban J connectivity index is 1.47. The lowest BCUT2D eigenvalue weighted by atomic mass is 10.1. The van der Waals surface area contributed by atoms with E-state index in [-0.39, 0.29) is 5.91 Å². The van der Waals surface area contributed by atoms with Gasteiger partial charge >= 0.3 is 0 Å². The number of nitrogens with zero attached hydrogens (tertiary/aromatic N) is 4. The van der Waals surface area contributed by atoms with Gasteiger partial charge in [0, 0.05) is 18.3 Å². The number of amides is 1. The Morgan fingerprint density at radius 1 is 1.00 bits per heavy atom. The summed E-state index contributed by atoms with van der Waals surface area (Å²) in [4.78, 5) is 20.4. The second-order valence-electron chi connectivity index (χ2n) is 8.45. The maximum absolute atomic E-state index is 13.2. The lowest BCUT2D eigenvalue weighted by molar-refractivity contribution is -0.122. The van der Waals surface area contributed by atoms with Crippen LogP contribution in [0, 0.1) is 0 Å². The van der Waals surface area contributed by atoms with Gasteiger partial charge in [0.05, 0.1) is 20.8 Å². The summed E-state index contributed by atoms with van der Waals surface area (Å²) in [6.07, 6.45) is 9.62. The first-order chi connectivity index (χ1) is 17.1. The highest BCUT2D eigenvalue weighted by Crippen LogP contribution is 2.37. The van der Waals surface area contributed by atoms with Crippen molar-refractivity contribution in [2.24, 2.45) is 0 Å². The van der Waals surface area contributed by atoms with Gasteiger partial charge in [-0.15, -0.1) is 11.3 Å². The predicted octanol–water partition coefficient (Wildman–Crippen LogP) is 7.32. The van der Waals surface area contributed by atoms with E-state index in [9.17, 15) is 4.79 Å². The van der Waals surface area contributed by atoms with Crippen LogP contribution in [0.3, 0.4) is 0 Å². The summed E-state index contributed by atoms with van der Waals surface area (Å²) in [5, 5.41) is 5.71. The number of unbranched alkanes of at least 4 members (excludes halogenated alkanes) is 4. The standard InChI is InChI=1S/C27H26N4OS3/c1-2-3-4-5-11-16-30-26(32)23(35-27(30)33)17-19-18-31(20-12-7-6-8-13-20)29-24(19)25-28-21-14-9-10-15-22(21)34-25/h6-10,12-15,17-18H,2-5,11,16H2,1H3/b23-17-. The third-order valence-corrected chi connectivity index (χ3v) is 8.33. The molecule has 35 heavy (non-hydrogen) atoms. The highest BCUT2D eigenvalue weighted by Gasteiger charge is 2.32. The average Bonchev–Trinajstić information content (AvgIpc) is 3.56. The molecule has 0 bridgehead atoms. The maximum Gasteiger partial charge on any atom is 0.266 e. The van der Waals surface area contributed by atoms with E-state index in [4.69, 9.17) is 22.3 Å². The van der Waals surface area contributed by atoms with Crippen LogP contribution in [0.15, 0.2) is 65.7 Å². The molecule has 0 radical (unpaired) electrons. The van der Waals surface area contributed by atoms with Crippen LogP contribution in [0.4, 0.5) is 0 Å². The molecule has 0 unspecified atom stereocenters. The lowest BCUT2D eigenvalue weighted by Gasteiger charge is -2.13. The third-order valence-electron chi connectivity index (χ3n) is 5.91. The average molecular weight is 519 g/mol. The Hall–Kier alpha value is -2.81. The second-order valence-corrected chi connectivity index (χ2v) is 11.2. The first kappa shape index (κ1) is 23.9. The molecule has 3 heterocycles. The number of carbonyl (C=O) groups is 1. The van der Waals surface area contributed by atoms with Crippen molar-refractivity contribution in [3.8, 4) is 16.4 Å². The fourth-order valence-electron chi connectivity index (χ4n) is 4.05. The molecule has 0 N–H and O–H groups in total. The smallest absolute Gasteiger partial charge is 0.266 e. The van der Waals surface area contributed by atoms with Gasteiger partial charge < -0.3 is 0 Å². The van der Waals surface area contributed by atoms with E-state index in [0.717, 1.165) is 45.0 Å². The lowest BCUT2D eigenvalue weighted by Crippen LogP contribution is -2.29. The van der Waals surface area contributed by atoms with E-state index in [0.29, 0.717) is 15.8 Å². The quantitative estimate of drug-likeness (QED) is 0.132. The van der Waals surface area contributed by atoms with Gasteiger partial charge in [0.25, 0.3) is 5.91 Å². The molecule has 1 aliphatic heterocycles. The van der Waals surface area contributed by atoms with Crippen molar-refractivity contribution in [3.63, 3.8) is 0 Å². The van der Waals surface area contributed by atoms with Crippen molar-refractivity contribution < 1.29 is 4.79 Å². The minimum atomic E-state index is -0.0156. The number of aromatic nitrogens is 3. The molecular weight excluding hydrogens is 493 g/mol. The molecule has 0 aliphatic carbocycles. The highest BCUT2D eigenvalue weighted by atomic mass is 32.2. The molecule has 2 aromatic carbocycles. The molecule has 5 rings (SSSR count). The summed E-state index contributed by atoms with van der Waals surface area (Å²) >= 11 is 8.54. The predicted molar refractivity (Wildman–Crippen MR) is 151 cm³/mol. The van der Waals surface area contributed by atoms with Gasteiger partial charge in [0.15, 0.2) is 0 Å². The Kier molecular flexibility index (Phi) is 7.41. The van der Waals surface area contributed by atoms with Crippen LogP contribution in [0.5, 0.6) is 0 Å². The molecule has 1 saturated heterocycles. The van der Waals surface area contributed by atoms with E-state index in [1.54, 1.807) is 16.2 Å². The molecule has 2 aromatic heterocycles. The Morgan fingerprint density at radius 3 is 2.57 bits per heavy atom. The largest absolute Gasteiger partial charge is 0.293 e. The number of fused-ring (bicyclic) bond motifs is 1. The summed E-state index contributed by atoms with van der Waals surface area (Å²) in [5.41, 5.74) is 3.52. The summed E-state index contributed by atoms with van der Waals surface area (Å²) in [6.45, 7) is 2.88. The van der Waals surface area contributed by atoms with Crippen LogP contribution in [-0.2, 0) is 4.79 Å². The zero-order valence-corrected chi connectivity index (χ0v) is 22.0. The molecule has 5 nitrogen and oxygen atoms in total. The van der Waals surface area contributed by atoms with Crippen molar-refractivity contribution in [2.75, 3.05) is 6.54 Å². The van der Waals surface area contributed by atoms with E-state index >= 15 is 0 Å². The molecule has 4 aromatic rings. The minimum Gasteiger partial charge on any atom is -0.293 e. The number of thiocarbonyl (C=S) groups is 1. The van der Waals surface area contributed by atoms with Crippen LogP contribution in [-0.4, -0.2) is 36.4 Å². The van der Waals surface area contributed by atoms with Gasteiger partial charge in [0.1, 0.15) is 15.0 Å². The number of benzene rings is 2. The van der Waals surface area contributed by atoms with E-state index in [1.807, 2.05) is 65.5 Å². The van der Waals surface area contributed by atoms with Gasteiger partial charge in [-0.3, -0.25) is 9.69 Å². The van der Waals surface area contributed by atoms with Crippen LogP contribution in [0.1, 0.15) is 44.6 Å². The van der Waals surface area contributed by atoms with Crippen molar-refractivity contribution in [1.82, 2.24) is 19.7 Å². The first-order valence-corrected chi connectivity index (χ1v) is 13.9. The molecule has 1 fully saturated rings. The normalized spacial score (nSPS) is 15.1. The van der Waals surface area contributed by atoms with Crippen LogP contribution in [0.25, 0.3) is 32.7 Å². The van der Waals surface area contributed by atoms with Crippen molar-refractivity contribution in [1.29, 1.82) is 0 Å². The number of carbonyl (C=O) groups excluding carboxylic acids is 1. The fraction of sp³-hybridized carbons (Fsp3) is 0.259. The number of hydrogen-bond acceptors (Lipinski definition) is 6. The summed E-state index contributed by atoms with van der Waals surface area (Å²) in [6, 6.07) is 18.1. The number of hydrogen-bond donors (Lipinski definition) is 0. The maximum atomic E-state index is 13.2. The third kappa shape index (κ3) is 5.24. The second kappa shape index (κ2) is 10.8. The summed E-state index contributed by atoms with van der Waals surface area (Å²) in [5.74, 6) is -0.0156. The number of rotatable bonds is 9. The highest BCUT2D eigenvalue weighted by molar-refractivity contribution is 8.26. The molecule has 0 saturated carbocycles. The molecule has 1 aliphatic rings. The Morgan fingerprint density at radius 2 is 1.77 bits per heavy atom. The topological polar surface area (TPSA) is 51.0 Å². The molecule has 8 heteroatoms. The molecular formula is C27H26N4OS3. The fourth-order valence-corrected chi connectivity index (χ4v) is 6.33. The summed E-state index contributed by atoms with van der Waals surface area (Å²) < 4.78 is 3.59. The van der Waals surface area contributed by atoms with Gasteiger partial charge in [-0.1, -0.05) is 86.9 Å². The van der Waals surface area contributed by atoms with E-state index in [2.05, 4.69) is 13.0 Å². The summed E-state index contributed by atoms with van der Waals surface area (Å²) in [7, 11) is 0. The number of para-hydroxylation sites is 2. The van der Waals surface area contributed by atoms with Crippen molar-refractivity contribution >= 4 is 61.8 Å². The molecule has 0 atom stereocenters. The minimum absolute atomic E-state index is 0.0156. The Labute approximate surface area is 218 Å². The Bertz CT molecular complexity index is 1360. The van der Waals surface area contributed by atoms with Gasteiger partial charge in [-0.25, -0.2) is 9.67 Å². The molecule has 178 valence electrons. The van der Waals surface area contributed by atoms with Gasteiger partial charge in [0.2, 0.25) is 0 Å². The zero-order valence-electron chi connectivity index (χ0n) is 19.5. The number of thioether (sulfide) groups is 1. The number of thiazole rings is 1. The van der Waals surface area contributed by atoms with Gasteiger partial charge in [-0.2, -0.15) is 5.10 Å². The SMILES string of the molecule is CCCCCCCN1C(=O)/C(=C/c2cn(-c3ccccc3)nc2-c2nc3ccccc3s2)SC1=S. The zero-order chi connectivity index (χ0) is 24.2. The molecule has 0 spiro atoms. The van der Waals surface area contributed by atoms with Crippen LogP contribution in [0.2, 0.25) is 0 Å². The van der Waals surface area contributed by atoms with Crippen molar-refractivity contribution in [3.05, 3.63) is 71.3 Å². The first-order valence-electron chi connectivity index (χ1n) is 11.9. The van der Waals surface area contributed by atoms with Crippen LogP contribution >= 0.6 is 35.3 Å². The van der Waals surface area contributed by atoms with Gasteiger partial charge in [-0.05, 0) is 36.8 Å². The monoisotopic (exact) mass is 518 g/mol. The van der Waals surface area contributed by atoms with E-state index in [1.165, 1.54) is 31.0 Å². The van der Waals surface area contributed by atoms with Crippen molar-refractivity contribution in [2.45, 2.75) is 39.0 Å². The van der Waals surface area contributed by atoms with Crippen LogP contribution < -0.4 is 0 Å². The molecule has 1 amide bonds. The van der Waals surface area contributed by atoms with E-state index < -0.39 is 0 Å².